The summed E-state index contributed by atoms with van der Waals surface area (Å²) in [6.45, 7) is 3.05. The molecule has 20 heavy (non-hydrogen) atoms. The van der Waals surface area contributed by atoms with Gasteiger partial charge in [0.15, 0.2) is 0 Å². The van der Waals surface area contributed by atoms with Gasteiger partial charge in [0.05, 0.1) is 12.1 Å². The molecular formula is C15H24N4O. The van der Waals surface area contributed by atoms with Crippen LogP contribution >= 0.6 is 0 Å². The van der Waals surface area contributed by atoms with E-state index < -0.39 is 0 Å². The van der Waals surface area contributed by atoms with Gasteiger partial charge in [0.25, 0.3) is 0 Å². The highest BCUT2D eigenvalue weighted by atomic mass is 16.5. The second-order valence-electron chi connectivity index (χ2n) is 5.76. The molecule has 110 valence electrons. The lowest BCUT2D eigenvalue weighted by molar-refractivity contribution is 0.0898. The Hall–Kier alpha value is -1.36. The molecule has 0 spiro atoms. The molecule has 0 amide bonds. The molecule has 1 aliphatic carbocycles. The fourth-order valence-electron chi connectivity index (χ4n) is 3.07. The maximum absolute atomic E-state index is 5.90. The molecule has 2 aliphatic rings. The molecule has 2 heterocycles. The van der Waals surface area contributed by atoms with Crippen LogP contribution in [0.15, 0.2) is 6.33 Å². The summed E-state index contributed by atoms with van der Waals surface area (Å²) in [5.74, 6) is 2.67. The van der Waals surface area contributed by atoms with Crippen LogP contribution in [-0.4, -0.2) is 35.8 Å². The third-order valence-electron chi connectivity index (χ3n) is 4.23. The maximum Gasteiger partial charge on any atom is 0.135 e. The van der Waals surface area contributed by atoms with Gasteiger partial charge in [-0.2, -0.15) is 0 Å². The Morgan fingerprint density at radius 1 is 1.25 bits per heavy atom. The number of hydrogen-bond donors (Lipinski definition) is 2. The van der Waals surface area contributed by atoms with Gasteiger partial charge in [-0.25, -0.2) is 9.97 Å². The van der Waals surface area contributed by atoms with Crippen LogP contribution in [0.5, 0.6) is 0 Å². The Labute approximate surface area is 120 Å². The smallest absolute Gasteiger partial charge is 0.135 e. The number of hydrogen-bond acceptors (Lipinski definition) is 5. The lowest BCUT2D eigenvalue weighted by atomic mass is 10.1. The molecule has 1 aliphatic heterocycles. The van der Waals surface area contributed by atoms with E-state index in [9.17, 15) is 0 Å². The topological polar surface area (TPSA) is 59.1 Å². The summed E-state index contributed by atoms with van der Waals surface area (Å²) >= 11 is 0. The summed E-state index contributed by atoms with van der Waals surface area (Å²) in [6, 6.07) is 0.401. The SMILES string of the molecule is CCCc1c(NC)ncnc1NC1CCOC1C1CC1. The van der Waals surface area contributed by atoms with E-state index in [1.807, 2.05) is 7.05 Å². The number of aromatic nitrogens is 2. The average molecular weight is 276 g/mol. The number of anilines is 2. The monoisotopic (exact) mass is 276 g/mol. The molecule has 2 N–H and O–H groups in total. The molecule has 0 bridgehead atoms. The van der Waals surface area contributed by atoms with Gasteiger partial charge in [0.1, 0.15) is 18.0 Å². The van der Waals surface area contributed by atoms with Crippen LogP contribution in [0.2, 0.25) is 0 Å². The van der Waals surface area contributed by atoms with Crippen molar-refractivity contribution in [1.29, 1.82) is 0 Å². The Morgan fingerprint density at radius 2 is 2.05 bits per heavy atom. The van der Waals surface area contributed by atoms with Crippen LogP contribution in [0.4, 0.5) is 11.6 Å². The first-order chi connectivity index (χ1) is 9.83. The minimum absolute atomic E-state index is 0.373. The van der Waals surface area contributed by atoms with Gasteiger partial charge in [0, 0.05) is 19.2 Å². The van der Waals surface area contributed by atoms with Crippen molar-refractivity contribution in [1.82, 2.24) is 9.97 Å². The molecule has 0 radical (unpaired) electrons. The molecule has 2 fully saturated rings. The van der Waals surface area contributed by atoms with E-state index in [-0.39, 0.29) is 0 Å². The van der Waals surface area contributed by atoms with E-state index in [0.29, 0.717) is 12.1 Å². The summed E-state index contributed by atoms with van der Waals surface area (Å²) in [5, 5.41) is 6.79. The number of ether oxygens (including phenoxy) is 1. The summed E-state index contributed by atoms with van der Waals surface area (Å²) in [6.07, 6.45) is 7.79. The predicted octanol–water partition coefficient (Wildman–Crippen LogP) is 2.45. The van der Waals surface area contributed by atoms with Crippen molar-refractivity contribution >= 4 is 11.6 Å². The summed E-state index contributed by atoms with van der Waals surface area (Å²) in [4.78, 5) is 8.79. The van der Waals surface area contributed by atoms with Crippen molar-refractivity contribution < 1.29 is 4.74 Å². The van der Waals surface area contributed by atoms with Crippen LogP contribution in [0.1, 0.15) is 38.2 Å². The average Bonchev–Trinajstić information content (AvgIpc) is 3.21. The third kappa shape index (κ3) is 2.73. The summed E-state index contributed by atoms with van der Waals surface area (Å²) in [7, 11) is 1.91. The van der Waals surface area contributed by atoms with Crippen molar-refractivity contribution in [3.05, 3.63) is 11.9 Å². The maximum atomic E-state index is 5.90. The van der Waals surface area contributed by atoms with Gasteiger partial charge in [-0.3, -0.25) is 0 Å². The quantitative estimate of drug-likeness (QED) is 0.836. The van der Waals surface area contributed by atoms with Crippen molar-refractivity contribution in [3.8, 4) is 0 Å². The van der Waals surface area contributed by atoms with Gasteiger partial charge >= 0.3 is 0 Å². The first kappa shape index (κ1) is 13.6. The van der Waals surface area contributed by atoms with Crippen LogP contribution in [-0.2, 0) is 11.2 Å². The Morgan fingerprint density at radius 3 is 2.75 bits per heavy atom. The van der Waals surface area contributed by atoms with Gasteiger partial charge in [-0.15, -0.1) is 0 Å². The molecule has 2 atom stereocenters. The molecule has 1 saturated heterocycles. The van der Waals surface area contributed by atoms with Crippen LogP contribution < -0.4 is 10.6 Å². The molecule has 1 saturated carbocycles. The van der Waals surface area contributed by atoms with Crippen LogP contribution in [0.25, 0.3) is 0 Å². The fraction of sp³-hybridized carbons (Fsp3) is 0.733. The van der Waals surface area contributed by atoms with Crippen LogP contribution in [0.3, 0.4) is 0 Å². The van der Waals surface area contributed by atoms with E-state index in [0.717, 1.165) is 43.4 Å². The van der Waals surface area contributed by atoms with E-state index in [1.54, 1.807) is 6.33 Å². The predicted molar refractivity (Wildman–Crippen MR) is 80.1 cm³/mol. The zero-order valence-electron chi connectivity index (χ0n) is 12.4. The molecule has 1 aromatic rings. The highest BCUT2D eigenvalue weighted by molar-refractivity contribution is 5.57. The number of rotatable bonds is 6. The number of nitrogens with zero attached hydrogens (tertiary/aromatic N) is 2. The van der Waals surface area contributed by atoms with Crippen molar-refractivity contribution in [2.24, 2.45) is 5.92 Å². The highest BCUT2D eigenvalue weighted by Crippen LogP contribution is 2.39. The van der Waals surface area contributed by atoms with Crippen molar-refractivity contribution in [3.63, 3.8) is 0 Å². The second-order valence-corrected chi connectivity index (χ2v) is 5.76. The molecule has 5 nitrogen and oxygen atoms in total. The molecule has 3 rings (SSSR count). The first-order valence-corrected chi connectivity index (χ1v) is 7.73. The molecule has 5 heteroatoms. The third-order valence-corrected chi connectivity index (χ3v) is 4.23. The van der Waals surface area contributed by atoms with Crippen molar-refractivity contribution in [2.45, 2.75) is 51.2 Å². The van der Waals surface area contributed by atoms with E-state index in [2.05, 4.69) is 27.5 Å². The van der Waals surface area contributed by atoms with Gasteiger partial charge in [-0.05, 0) is 31.6 Å². The van der Waals surface area contributed by atoms with Gasteiger partial charge in [-0.1, -0.05) is 13.3 Å². The lowest BCUT2D eigenvalue weighted by Crippen LogP contribution is -2.31. The molecular weight excluding hydrogens is 252 g/mol. The van der Waals surface area contributed by atoms with Crippen LogP contribution in [0, 0.1) is 5.92 Å². The molecule has 1 aromatic heterocycles. The summed E-state index contributed by atoms with van der Waals surface area (Å²) < 4.78 is 5.90. The van der Waals surface area contributed by atoms with Gasteiger partial charge in [0.2, 0.25) is 0 Å². The first-order valence-electron chi connectivity index (χ1n) is 7.73. The number of nitrogens with one attached hydrogen (secondary N) is 2. The normalized spacial score (nSPS) is 25.7. The van der Waals surface area contributed by atoms with E-state index in [1.165, 1.54) is 18.4 Å². The Kier molecular flexibility index (Phi) is 4.05. The minimum atomic E-state index is 0.373. The fourth-order valence-corrected chi connectivity index (χ4v) is 3.07. The minimum Gasteiger partial charge on any atom is -0.376 e. The second kappa shape index (κ2) is 5.95. The standard InChI is InChI=1S/C15H24N4O/c1-3-4-11-14(16-2)17-9-18-15(11)19-12-7-8-20-13(12)10-5-6-10/h9-10,12-13H,3-8H2,1-2H3,(H2,16,17,18,19). The molecule has 2 unspecified atom stereocenters. The Balaban J connectivity index is 1.78. The zero-order chi connectivity index (χ0) is 13.9. The van der Waals surface area contributed by atoms with E-state index >= 15 is 0 Å². The zero-order valence-corrected chi connectivity index (χ0v) is 12.4. The van der Waals surface area contributed by atoms with Gasteiger partial charge < -0.3 is 15.4 Å². The highest BCUT2D eigenvalue weighted by Gasteiger charge is 2.40. The lowest BCUT2D eigenvalue weighted by Gasteiger charge is -2.22. The Bertz CT molecular complexity index is 461. The summed E-state index contributed by atoms with van der Waals surface area (Å²) in [5.41, 5.74) is 1.19. The van der Waals surface area contributed by atoms with E-state index in [4.69, 9.17) is 4.74 Å². The van der Waals surface area contributed by atoms with Crippen molar-refractivity contribution in [2.75, 3.05) is 24.3 Å². The largest absolute Gasteiger partial charge is 0.376 e. The molecule has 0 aromatic carbocycles.